The highest BCUT2D eigenvalue weighted by molar-refractivity contribution is 7.99. The van der Waals surface area contributed by atoms with Crippen molar-refractivity contribution < 1.29 is 24.2 Å². The Morgan fingerprint density at radius 3 is 2.78 bits per heavy atom. The average molecular weight is 464 g/mol. The first kappa shape index (κ1) is 24.5. The van der Waals surface area contributed by atoms with E-state index in [1.807, 2.05) is 12.1 Å². The minimum atomic E-state index is -1.08. The molecular formula is C23H33N3O5S. The molecule has 3 N–H and O–H groups in total. The second-order valence-corrected chi connectivity index (χ2v) is 9.31. The normalized spacial score (nSPS) is 20.3. The zero-order valence-electron chi connectivity index (χ0n) is 18.5. The molecule has 1 saturated heterocycles. The van der Waals surface area contributed by atoms with E-state index in [4.69, 9.17) is 4.74 Å². The van der Waals surface area contributed by atoms with Gasteiger partial charge in [0, 0.05) is 10.6 Å². The Bertz CT molecular complexity index is 800. The zero-order chi connectivity index (χ0) is 22.9. The Labute approximate surface area is 193 Å². The number of carbonyl (C=O) groups excluding carboxylic acids is 2. The fourth-order valence-corrected chi connectivity index (χ4v) is 5.39. The van der Waals surface area contributed by atoms with Crippen LogP contribution in [0.2, 0.25) is 0 Å². The summed E-state index contributed by atoms with van der Waals surface area (Å²) in [7, 11) is 0. The third kappa shape index (κ3) is 6.70. The molecule has 2 aliphatic rings. The molecule has 0 radical (unpaired) electrons. The van der Waals surface area contributed by atoms with Crippen LogP contribution in [0.1, 0.15) is 39.0 Å². The van der Waals surface area contributed by atoms with Crippen LogP contribution in [0.5, 0.6) is 0 Å². The molecule has 1 aromatic rings. The van der Waals surface area contributed by atoms with Crippen molar-refractivity contribution in [2.24, 2.45) is 5.92 Å². The van der Waals surface area contributed by atoms with Gasteiger partial charge in [-0.3, -0.25) is 24.6 Å². The molecule has 8 nitrogen and oxygen atoms in total. The highest BCUT2D eigenvalue weighted by atomic mass is 32.2. The van der Waals surface area contributed by atoms with E-state index in [0.717, 1.165) is 43.7 Å². The molecule has 2 heterocycles. The minimum Gasteiger partial charge on any atom is -0.480 e. The Kier molecular flexibility index (Phi) is 9.37. The first-order chi connectivity index (χ1) is 15.5. The molecule has 9 heteroatoms. The molecule has 2 aliphatic heterocycles. The number of thioether (sulfide) groups is 1. The number of carbonyl (C=O) groups is 3. The molecule has 0 spiro atoms. The van der Waals surface area contributed by atoms with Crippen molar-refractivity contribution in [2.75, 3.05) is 36.9 Å². The Morgan fingerprint density at radius 2 is 2.06 bits per heavy atom. The van der Waals surface area contributed by atoms with E-state index >= 15 is 0 Å². The first-order valence-corrected chi connectivity index (χ1v) is 12.4. The maximum atomic E-state index is 13.3. The van der Waals surface area contributed by atoms with Crippen LogP contribution in [0.3, 0.4) is 0 Å². The number of hydrogen-bond donors (Lipinski definition) is 3. The van der Waals surface area contributed by atoms with Crippen LogP contribution in [-0.2, 0) is 19.1 Å². The lowest BCUT2D eigenvalue weighted by molar-refractivity contribution is -0.146. The number of amides is 1. The number of carboxylic acid groups (broad SMARTS) is 1. The fourth-order valence-electron chi connectivity index (χ4n) is 4.31. The van der Waals surface area contributed by atoms with Crippen LogP contribution in [0.4, 0.5) is 5.69 Å². The Morgan fingerprint density at radius 1 is 1.31 bits per heavy atom. The van der Waals surface area contributed by atoms with E-state index in [2.05, 4.69) is 10.6 Å². The van der Waals surface area contributed by atoms with Crippen molar-refractivity contribution in [3.05, 3.63) is 24.3 Å². The lowest BCUT2D eigenvalue weighted by Gasteiger charge is -2.27. The van der Waals surface area contributed by atoms with Gasteiger partial charge in [-0.05, 0) is 57.3 Å². The van der Waals surface area contributed by atoms with Gasteiger partial charge in [0.05, 0.1) is 18.3 Å². The van der Waals surface area contributed by atoms with Gasteiger partial charge in [-0.15, -0.1) is 11.8 Å². The van der Waals surface area contributed by atoms with Crippen LogP contribution in [-0.4, -0.2) is 67.0 Å². The summed E-state index contributed by atoms with van der Waals surface area (Å²) in [5.74, 6) is -0.701. The van der Waals surface area contributed by atoms with Crippen molar-refractivity contribution in [1.82, 2.24) is 10.6 Å². The largest absolute Gasteiger partial charge is 0.480 e. The maximum absolute atomic E-state index is 13.3. The number of anilines is 1. The standard InChI is InChI=1S/C23H33N3O5S/c1-2-31-23(30)17(7-5-6-16-10-12-24-13-11-16)25-18-15-32-20-9-4-3-8-19(20)26(22(18)29)14-21(27)28/h3-4,8-9,16-18,24-25H,2,5-7,10-15H2,1H3,(H,27,28). The summed E-state index contributed by atoms with van der Waals surface area (Å²) in [5.41, 5.74) is 0.591. The summed E-state index contributed by atoms with van der Waals surface area (Å²) >= 11 is 1.49. The number of piperidine rings is 1. The summed E-state index contributed by atoms with van der Waals surface area (Å²) in [5, 5.41) is 15.9. The molecule has 1 aromatic carbocycles. The number of nitrogens with one attached hydrogen (secondary N) is 2. The summed E-state index contributed by atoms with van der Waals surface area (Å²) in [4.78, 5) is 39.6. The molecule has 2 atom stereocenters. The number of esters is 1. The molecule has 2 unspecified atom stereocenters. The second-order valence-electron chi connectivity index (χ2n) is 8.25. The van der Waals surface area contributed by atoms with Crippen molar-refractivity contribution >= 4 is 35.3 Å². The van der Waals surface area contributed by atoms with Crippen molar-refractivity contribution in [2.45, 2.75) is 56.0 Å². The van der Waals surface area contributed by atoms with Crippen molar-refractivity contribution in [1.29, 1.82) is 0 Å². The quantitative estimate of drug-likeness (QED) is 0.454. The topological polar surface area (TPSA) is 108 Å². The summed E-state index contributed by atoms with van der Waals surface area (Å²) in [6.45, 7) is 3.70. The molecular weight excluding hydrogens is 430 g/mol. The third-order valence-electron chi connectivity index (χ3n) is 5.96. The van der Waals surface area contributed by atoms with Gasteiger partial charge in [0.25, 0.3) is 0 Å². The number of nitrogens with zero attached hydrogens (tertiary/aromatic N) is 1. The Balaban J connectivity index is 1.70. The average Bonchev–Trinajstić information content (AvgIpc) is 2.91. The number of ether oxygens (including phenoxy) is 1. The van der Waals surface area contributed by atoms with Gasteiger partial charge in [0.15, 0.2) is 0 Å². The van der Waals surface area contributed by atoms with Gasteiger partial charge in [0.2, 0.25) is 5.91 Å². The van der Waals surface area contributed by atoms with Crippen LogP contribution in [0, 0.1) is 5.92 Å². The number of hydrogen-bond acceptors (Lipinski definition) is 7. The number of para-hydroxylation sites is 1. The van der Waals surface area contributed by atoms with Gasteiger partial charge in [-0.2, -0.15) is 0 Å². The van der Waals surface area contributed by atoms with E-state index in [9.17, 15) is 19.5 Å². The van der Waals surface area contributed by atoms with Crippen LogP contribution < -0.4 is 15.5 Å². The van der Waals surface area contributed by atoms with E-state index in [0.29, 0.717) is 23.8 Å². The van der Waals surface area contributed by atoms with Crippen molar-refractivity contribution in [3.63, 3.8) is 0 Å². The highest BCUT2D eigenvalue weighted by Gasteiger charge is 2.35. The van der Waals surface area contributed by atoms with Gasteiger partial charge < -0.3 is 15.2 Å². The number of carboxylic acids is 1. The lowest BCUT2D eigenvalue weighted by atomic mass is 9.91. The molecule has 3 rings (SSSR count). The molecule has 176 valence electrons. The van der Waals surface area contributed by atoms with Crippen LogP contribution in [0.15, 0.2) is 29.2 Å². The lowest BCUT2D eigenvalue weighted by Crippen LogP contribution is -2.54. The van der Waals surface area contributed by atoms with E-state index in [1.54, 1.807) is 19.1 Å². The number of aliphatic carboxylic acids is 1. The monoisotopic (exact) mass is 463 g/mol. The summed E-state index contributed by atoms with van der Waals surface area (Å²) < 4.78 is 5.27. The number of fused-ring (bicyclic) bond motifs is 1. The second kappa shape index (κ2) is 12.2. The van der Waals surface area contributed by atoms with Gasteiger partial charge >= 0.3 is 11.9 Å². The van der Waals surface area contributed by atoms with E-state index < -0.39 is 24.6 Å². The number of rotatable bonds is 10. The van der Waals surface area contributed by atoms with Gasteiger partial charge in [0.1, 0.15) is 12.6 Å². The minimum absolute atomic E-state index is 0.273. The molecule has 32 heavy (non-hydrogen) atoms. The first-order valence-electron chi connectivity index (χ1n) is 11.4. The van der Waals surface area contributed by atoms with Crippen molar-refractivity contribution in [3.8, 4) is 0 Å². The third-order valence-corrected chi connectivity index (χ3v) is 7.11. The predicted molar refractivity (Wildman–Crippen MR) is 124 cm³/mol. The molecule has 0 saturated carbocycles. The smallest absolute Gasteiger partial charge is 0.323 e. The SMILES string of the molecule is CCOC(=O)C(CCCC1CCNCC1)NC1CSc2ccccc2N(CC(=O)O)C1=O. The fraction of sp³-hybridized carbons (Fsp3) is 0.609. The van der Waals surface area contributed by atoms with Crippen LogP contribution in [0.25, 0.3) is 0 Å². The number of benzene rings is 1. The van der Waals surface area contributed by atoms with Gasteiger partial charge in [-0.1, -0.05) is 25.0 Å². The maximum Gasteiger partial charge on any atom is 0.323 e. The molecule has 0 aromatic heterocycles. The summed E-state index contributed by atoms with van der Waals surface area (Å²) in [6, 6.07) is 6.02. The van der Waals surface area contributed by atoms with Gasteiger partial charge in [-0.25, -0.2) is 0 Å². The Hall–Kier alpha value is -2.10. The molecule has 0 bridgehead atoms. The highest BCUT2D eigenvalue weighted by Crippen LogP contribution is 2.34. The molecule has 0 aliphatic carbocycles. The predicted octanol–water partition coefficient (Wildman–Crippen LogP) is 2.27. The summed E-state index contributed by atoms with van der Waals surface area (Å²) in [6.07, 6.45) is 4.80. The van der Waals surface area contributed by atoms with Crippen LogP contribution >= 0.6 is 11.8 Å². The zero-order valence-corrected chi connectivity index (χ0v) is 19.4. The van der Waals surface area contributed by atoms with E-state index in [1.165, 1.54) is 16.7 Å². The van der Waals surface area contributed by atoms with E-state index in [-0.39, 0.29) is 18.5 Å². The molecule has 1 fully saturated rings. The molecule has 1 amide bonds.